The van der Waals surface area contributed by atoms with E-state index in [4.69, 9.17) is 51.1 Å². The normalized spacial score (nSPS) is 5.91. The van der Waals surface area contributed by atoms with Crippen LogP contribution in [0.4, 0.5) is 0 Å². The van der Waals surface area contributed by atoms with E-state index in [1.807, 2.05) is 0 Å². The summed E-state index contributed by atoms with van der Waals surface area (Å²) in [7, 11) is 0. The molecule has 0 amide bonds. The maximum Gasteiger partial charge on any atom is 2.00 e. The molecule has 10 nitrogen and oxygen atoms in total. The zero-order valence-electron chi connectivity index (χ0n) is 13.2. The molecule has 0 saturated carbocycles. The molecule has 0 aliphatic rings. The van der Waals surface area contributed by atoms with Gasteiger partial charge in [0, 0.05) is 37.0 Å². The van der Waals surface area contributed by atoms with Gasteiger partial charge in [0.25, 0.3) is 0 Å². The minimum absolute atomic E-state index is 0. The van der Waals surface area contributed by atoms with Crippen LogP contribution in [0.1, 0.15) is 27.7 Å². The van der Waals surface area contributed by atoms with Crippen LogP contribution in [0.2, 0.25) is 0 Å². The molecule has 0 saturated heterocycles. The van der Waals surface area contributed by atoms with E-state index < -0.39 is 23.9 Å². The third-order valence-corrected chi connectivity index (χ3v) is 0.167. The fourth-order valence-electron chi connectivity index (χ4n) is 0. The minimum Gasteiger partial charge on any atom is -0.550 e. The van der Waals surface area contributed by atoms with Crippen molar-refractivity contribution in [3.05, 3.63) is 0 Å². The quantitative estimate of drug-likeness (QED) is 0.345. The Morgan fingerprint density at radius 2 is 0.636 bits per heavy atom. The van der Waals surface area contributed by atoms with Crippen LogP contribution < -0.4 is 31.9 Å². The van der Waals surface area contributed by atoms with Crippen LogP contribution in [0, 0.1) is 0 Å². The van der Waals surface area contributed by atoms with Crippen LogP contribution in [-0.4, -0.2) is 128 Å². The largest absolute Gasteiger partial charge is 2.00 e. The predicted octanol–water partition coefficient (Wildman–Crippen LogP) is -6.83. The third kappa shape index (κ3) is 2610. The fourth-order valence-corrected chi connectivity index (χ4v) is 0. The Bertz CT molecular complexity index is 199. The monoisotopic (exact) mass is 472 g/mol. The number of hydrogen-bond acceptors (Lipinski definition) is 10. The smallest absolute Gasteiger partial charge is 0.550 e. The van der Waals surface area contributed by atoms with E-state index in [-0.39, 0.29) is 91.0 Å². The summed E-state index contributed by atoms with van der Waals surface area (Å²) in [6, 6.07) is 0. The topological polar surface area (TPSA) is 213 Å². The van der Waals surface area contributed by atoms with Crippen LogP contribution >= 0.6 is 0 Å². The van der Waals surface area contributed by atoms with Crippen molar-refractivity contribution in [3.63, 3.8) is 0 Å². The Balaban J connectivity index is -0.0000000250. The molecule has 0 spiro atoms. The number of carboxylic acid groups (broad SMARTS) is 4. The van der Waals surface area contributed by atoms with Gasteiger partial charge < -0.3 is 51.1 Å². The van der Waals surface area contributed by atoms with Gasteiger partial charge in [0.1, 0.15) is 0 Å². The third-order valence-electron chi connectivity index (χ3n) is 0.167. The van der Waals surface area contributed by atoms with Gasteiger partial charge in [-0.2, -0.15) is 0 Å². The van der Waals surface area contributed by atoms with Crippen molar-refractivity contribution in [1.82, 2.24) is 0 Å². The molecule has 122 valence electrons. The van der Waals surface area contributed by atoms with E-state index in [2.05, 4.69) is 0 Å². The van der Waals surface area contributed by atoms with Gasteiger partial charge in [0.2, 0.25) is 0 Å². The number of carbonyl (C=O) groups excluding carboxylic acids is 4. The molecule has 0 aromatic heterocycles. The average molecular weight is 472 g/mol. The molecule has 0 aromatic carbocycles. The van der Waals surface area contributed by atoms with Crippen LogP contribution in [0.5, 0.6) is 0 Å². The molecule has 0 bridgehead atoms. The van der Waals surface area contributed by atoms with Gasteiger partial charge in [-0.3, -0.25) is 0 Å². The summed E-state index contributed by atoms with van der Waals surface area (Å²) in [5, 5.41) is 35.6. The molecular formula is C10H20N2O8Sr2. The molecular weight excluding hydrogens is 451 g/mol. The second-order valence-electron chi connectivity index (χ2n) is 2.54. The summed E-state index contributed by atoms with van der Waals surface area (Å²) in [6.07, 6.45) is 0. The molecule has 12 heteroatoms. The van der Waals surface area contributed by atoms with Crippen LogP contribution in [0.15, 0.2) is 0 Å². The summed E-state index contributed by atoms with van der Waals surface area (Å²) in [5.41, 5.74) is 9.81. The molecule has 0 atom stereocenters. The van der Waals surface area contributed by atoms with E-state index in [0.29, 0.717) is 13.1 Å². The van der Waals surface area contributed by atoms with Crippen molar-refractivity contribution in [2.24, 2.45) is 11.5 Å². The Kier molecular flexibility index (Phi) is 84.9. The first-order valence-corrected chi connectivity index (χ1v) is 4.95. The average Bonchev–Trinajstić information content (AvgIpc) is 2.13. The van der Waals surface area contributed by atoms with Gasteiger partial charge in [-0.05, 0) is 27.7 Å². The Labute approximate surface area is 203 Å². The zero-order chi connectivity index (χ0) is 17.7. The van der Waals surface area contributed by atoms with Crippen LogP contribution in [0.25, 0.3) is 0 Å². The summed E-state index contributed by atoms with van der Waals surface area (Å²) in [5.74, 6) is -4.33. The summed E-state index contributed by atoms with van der Waals surface area (Å²) in [6.45, 7) is 5.08. The van der Waals surface area contributed by atoms with Gasteiger partial charge in [0.15, 0.2) is 0 Å². The Morgan fingerprint density at radius 1 is 0.591 bits per heavy atom. The van der Waals surface area contributed by atoms with Crippen LogP contribution in [-0.2, 0) is 19.2 Å². The molecule has 0 aromatic rings. The number of rotatable bonds is 1. The first-order chi connectivity index (χ1) is 8.84. The Hall–Kier alpha value is 0.761. The molecule has 0 rings (SSSR count). The summed E-state index contributed by atoms with van der Waals surface area (Å²) >= 11 is 0. The van der Waals surface area contributed by atoms with Crippen molar-refractivity contribution < 1.29 is 39.6 Å². The van der Waals surface area contributed by atoms with Crippen molar-refractivity contribution >= 4 is 115 Å². The zero-order valence-corrected chi connectivity index (χ0v) is 20.2. The van der Waals surface area contributed by atoms with Gasteiger partial charge in [-0.15, -0.1) is 0 Å². The van der Waals surface area contributed by atoms with E-state index in [1.54, 1.807) is 0 Å². The molecule has 0 radical (unpaired) electrons. The number of carbonyl (C=O) groups is 4. The molecule has 0 aliphatic carbocycles. The van der Waals surface area contributed by atoms with E-state index in [0.717, 1.165) is 27.7 Å². The van der Waals surface area contributed by atoms with Crippen molar-refractivity contribution in [2.45, 2.75) is 27.7 Å². The van der Waals surface area contributed by atoms with Gasteiger partial charge >= 0.3 is 91.0 Å². The minimum atomic E-state index is -1.08. The van der Waals surface area contributed by atoms with E-state index in [1.165, 1.54) is 0 Å². The summed E-state index contributed by atoms with van der Waals surface area (Å²) < 4.78 is 0. The van der Waals surface area contributed by atoms with Gasteiger partial charge in [-0.1, -0.05) is 0 Å². The van der Waals surface area contributed by atoms with Gasteiger partial charge in [0.05, 0.1) is 0 Å². The second-order valence-corrected chi connectivity index (χ2v) is 2.54. The number of carboxylic acids is 4. The van der Waals surface area contributed by atoms with Crippen LogP contribution in [0.3, 0.4) is 0 Å². The number of hydrogen-bond donors (Lipinski definition) is 2. The molecule has 22 heavy (non-hydrogen) atoms. The number of nitrogens with two attached hydrogens (primary N) is 2. The SMILES string of the molecule is CC(=O)[O-].CC(=O)[O-].CC(=O)[O-].CC(=O)[O-].NCCN.[Sr+2].[Sr+2]. The van der Waals surface area contributed by atoms with Gasteiger partial charge in [-0.25, -0.2) is 0 Å². The molecule has 0 unspecified atom stereocenters. The van der Waals surface area contributed by atoms with Crippen molar-refractivity contribution in [3.8, 4) is 0 Å². The predicted molar refractivity (Wildman–Crippen MR) is 72.3 cm³/mol. The number of aliphatic carboxylic acids is 4. The maximum absolute atomic E-state index is 8.89. The first-order valence-electron chi connectivity index (χ1n) is 4.95. The van der Waals surface area contributed by atoms with Crippen molar-refractivity contribution in [2.75, 3.05) is 13.1 Å². The molecule has 0 fully saturated rings. The van der Waals surface area contributed by atoms with Crippen molar-refractivity contribution in [1.29, 1.82) is 0 Å². The van der Waals surface area contributed by atoms with E-state index in [9.17, 15) is 0 Å². The van der Waals surface area contributed by atoms with E-state index >= 15 is 0 Å². The molecule has 0 heterocycles. The summed E-state index contributed by atoms with van der Waals surface area (Å²) in [4.78, 5) is 35.6. The second kappa shape index (κ2) is 43.0. The maximum atomic E-state index is 8.89. The molecule has 0 aliphatic heterocycles. The standard InChI is InChI=1S/C2H8N2.4C2H4O2.2Sr/c3-1-2-4;4*1-2(3)4;;/h1-4H2;4*1H3,(H,3,4);;/q;;;;;2*+2/p-4. The fraction of sp³-hybridized carbons (Fsp3) is 0.600. The molecule has 4 N–H and O–H groups in total. The first kappa shape index (κ1) is 43.4. The Morgan fingerprint density at radius 3 is 0.636 bits per heavy atom.